The maximum atomic E-state index is 4.57. The van der Waals surface area contributed by atoms with E-state index in [0.29, 0.717) is 0 Å². The quantitative estimate of drug-likeness (QED) is 0.848. The highest BCUT2D eigenvalue weighted by atomic mass is 32.1. The zero-order valence-electron chi connectivity index (χ0n) is 11.9. The zero-order chi connectivity index (χ0) is 13.9. The fourth-order valence-corrected chi connectivity index (χ4v) is 3.27. The molecule has 2 aromatic heterocycles. The van der Waals surface area contributed by atoms with Crippen LogP contribution < -0.4 is 9.80 Å². The molecule has 0 atom stereocenters. The summed E-state index contributed by atoms with van der Waals surface area (Å²) in [6.45, 7) is 8.06. The van der Waals surface area contributed by atoms with Gasteiger partial charge in [0, 0.05) is 49.5 Å². The monoisotopic (exact) mass is 289 g/mol. The number of hydrogen-bond donors (Lipinski definition) is 0. The number of anilines is 2. The van der Waals surface area contributed by atoms with E-state index in [9.17, 15) is 0 Å². The normalized spacial score (nSPS) is 16.3. The number of aryl methyl sites for hydroxylation is 2. The number of rotatable bonds is 2. The van der Waals surface area contributed by atoms with Crippen molar-refractivity contribution in [3.8, 4) is 0 Å². The van der Waals surface area contributed by atoms with Crippen LogP contribution in [0, 0.1) is 13.8 Å². The molecule has 5 nitrogen and oxygen atoms in total. The Balaban J connectivity index is 1.73. The third-order valence-electron chi connectivity index (χ3n) is 3.46. The Morgan fingerprint density at radius 3 is 2.60 bits per heavy atom. The summed E-state index contributed by atoms with van der Waals surface area (Å²) in [5, 5.41) is 3.16. The molecule has 1 fully saturated rings. The smallest absolute Gasteiger partial charge is 0.185 e. The van der Waals surface area contributed by atoms with Gasteiger partial charge in [0.2, 0.25) is 0 Å². The molecule has 0 saturated carbocycles. The first-order valence-corrected chi connectivity index (χ1v) is 7.82. The lowest BCUT2D eigenvalue weighted by atomic mass is 10.3. The molecule has 3 rings (SSSR count). The van der Waals surface area contributed by atoms with Crippen LogP contribution in [0.2, 0.25) is 0 Å². The van der Waals surface area contributed by atoms with Gasteiger partial charge in [-0.1, -0.05) is 0 Å². The minimum absolute atomic E-state index is 0.848. The van der Waals surface area contributed by atoms with Gasteiger partial charge < -0.3 is 9.80 Å². The summed E-state index contributed by atoms with van der Waals surface area (Å²) >= 11 is 1.71. The van der Waals surface area contributed by atoms with E-state index in [-0.39, 0.29) is 0 Å². The molecule has 1 aliphatic heterocycles. The highest BCUT2D eigenvalue weighted by Gasteiger charge is 2.18. The van der Waals surface area contributed by atoms with Crippen molar-refractivity contribution >= 4 is 22.3 Å². The molecule has 3 heterocycles. The molecule has 0 aliphatic carbocycles. The highest BCUT2D eigenvalue weighted by Crippen LogP contribution is 2.21. The van der Waals surface area contributed by atoms with E-state index in [0.717, 1.165) is 55.1 Å². The van der Waals surface area contributed by atoms with E-state index in [1.165, 1.54) is 0 Å². The summed E-state index contributed by atoms with van der Waals surface area (Å²) in [4.78, 5) is 18.1. The maximum absolute atomic E-state index is 4.57. The van der Waals surface area contributed by atoms with Crippen molar-refractivity contribution in [1.29, 1.82) is 0 Å². The van der Waals surface area contributed by atoms with Gasteiger partial charge in [-0.25, -0.2) is 15.0 Å². The minimum atomic E-state index is 0.848. The van der Waals surface area contributed by atoms with Crippen LogP contribution >= 0.6 is 11.3 Å². The summed E-state index contributed by atoms with van der Waals surface area (Å²) in [6, 6.07) is 2.08. The van der Waals surface area contributed by atoms with Gasteiger partial charge in [0.1, 0.15) is 11.6 Å². The van der Waals surface area contributed by atoms with Crippen LogP contribution in [-0.2, 0) is 0 Å². The van der Waals surface area contributed by atoms with Gasteiger partial charge in [-0.2, -0.15) is 0 Å². The predicted molar refractivity (Wildman–Crippen MR) is 82.7 cm³/mol. The van der Waals surface area contributed by atoms with Crippen LogP contribution in [0.3, 0.4) is 0 Å². The van der Waals surface area contributed by atoms with Gasteiger partial charge in [0.05, 0.1) is 0 Å². The number of aromatic nitrogens is 3. The van der Waals surface area contributed by atoms with Gasteiger partial charge in [-0.05, 0) is 20.3 Å². The molecule has 0 radical (unpaired) electrons. The molecule has 2 aromatic rings. The molecule has 0 N–H and O–H groups in total. The van der Waals surface area contributed by atoms with Crippen LogP contribution in [0.15, 0.2) is 17.6 Å². The molecule has 1 aliphatic rings. The van der Waals surface area contributed by atoms with Crippen molar-refractivity contribution in [3.63, 3.8) is 0 Å². The first-order chi connectivity index (χ1) is 9.72. The Labute approximate surface area is 123 Å². The highest BCUT2D eigenvalue weighted by molar-refractivity contribution is 7.13. The molecule has 0 bridgehead atoms. The Morgan fingerprint density at radius 2 is 1.85 bits per heavy atom. The Morgan fingerprint density at radius 1 is 1.05 bits per heavy atom. The first kappa shape index (κ1) is 13.3. The van der Waals surface area contributed by atoms with E-state index in [1.54, 1.807) is 11.3 Å². The summed E-state index contributed by atoms with van der Waals surface area (Å²) in [7, 11) is 0. The van der Waals surface area contributed by atoms with E-state index in [4.69, 9.17) is 0 Å². The molecule has 1 saturated heterocycles. The Bertz CT molecular complexity index is 549. The average molecular weight is 289 g/mol. The topological polar surface area (TPSA) is 45.2 Å². The third kappa shape index (κ3) is 2.90. The van der Waals surface area contributed by atoms with Gasteiger partial charge in [-0.3, -0.25) is 0 Å². The van der Waals surface area contributed by atoms with Crippen molar-refractivity contribution in [2.75, 3.05) is 36.0 Å². The largest absolute Gasteiger partial charge is 0.355 e. The molecular weight excluding hydrogens is 270 g/mol. The van der Waals surface area contributed by atoms with E-state index in [1.807, 2.05) is 25.4 Å². The number of thiazole rings is 1. The van der Waals surface area contributed by atoms with Gasteiger partial charge >= 0.3 is 0 Å². The lowest BCUT2D eigenvalue weighted by Crippen LogP contribution is -2.31. The van der Waals surface area contributed by atoms with Crippen molar-refractivity contribution in [3.05, 3.63) is 29.2 Å². The third-order valence-corrected chi connectivity index (χ3v) is 4.29. The summed E-state index contributed by atoms with van der Waals surface area (Å²) in [5.41, 5.74) is 1.04. The first-order valence-electron chi connectivity index (χ1n) is 6.94. The van der Waals surface area contributed by atoms with Crippen molar-refractivity contribution in [1.82, 2.24) is 15.0 Å². The van der Waals surface area contributed by atoms with Crippen LogP contribution in [0.4, 0.5) is 10.9 Å². The zero-order valence-corrected chi connectivity index (χ0v) is 12.7. The molecule has 6 heteroatoms. The standard InChI is InChI=1S/C14H19N5S/c1-11-10-13(17-12(2)16-11)18-5-3-6-19(8-7-18)14-15-4-9-20-14/h4,9-10H,3,5-8H2,1-2H3. The van der Waals surface area contributed by atoms with E-state index in [2.05, 4.69) is 30.8 Å². The molecule has 0 unspecified atom stereocenters. The fourth-order valence-electron chi connectivity index (χ4n) is 2.57. The second kappa shape index (κ2) is 5.75. The SMILES string of the molecule is Cc1cc(N2CCCN(c3nccs3)CC2)nc(C)n1. The molecule has 0 spiro atoms. The number of hydrogen-bond acceptors (Lipinski definition) is 6. The van der Waals surface area contributed by atoms with Gasteiger partial charge in [-0.15, -0.1) is 11.3 Å². The van der Waals surface area contributed by atoms with Crippen molar-refractivity contribution < 1.29 is 0 Å². The lowest BCUT2D eigenvalue weighted by molar-refractivity contribution is 0.789. The van der Waals surface area contributed by atoms with Gasteiger partial charge in [0.15, 0.2) is 5.13 Å². The lowest BCUT2D eigenvalue weighted by Gasteiger charge is -2.22. The van der Waals surface area contributed by atoms with Gasteiger partial charge in [0.25, 0.3) is 0 Å². The van der Waals surface area contributed by atoms with Crippen molar-refractivity contribution in [2.45, 2.75) is 20.3 Å². The van der Waals surface area contributed by atoms with Crippen LogP contribution in [0.25, 0.3) is 0 Å². The second-order valence-corrected chi connectivity index (χ2v) is 5.93. The average Bonchev–Trinajstić information content (AvgIpc) is 2.82. The van der Waals surface area contributed by atoms with Crippen molar-refractivity contribution in [2.24, 2.45) is 0 Å². The molecule has 106 valence electrons. The Kier molecular flexibility index (Phi) is 3.82. The molecule has 0 aromatic carbocycles. The second-order valence-electron chi connectivity index (χ2n) is 5.06. The number of nitrogens with zero attached hydrogens (tertiary/aromatic N) is 5. The molecular formula is C14H19N5S. The maximum Gasteiger partial charge on any atom is 0.185 e. The van der Waals surface area contributed by atoms with Crippen LogP contribution in [0.5, 0.6) is 0 Å². The van der Waals surface area contributed by atoms with E-state index < -0.39 is 0 Å². The molecule has 20 heavy (non-hydrogen) atoms. The van der Waals surface area contributed by atoms with Crippen LogP contribution in [0.1, 0.15) is 17.9 Å². The van der Waals surface area contributed by atoms with Crippen LogP contribution in [-0.4, -0.2) is 41.1 Å². The summed E-state index contributed by atoms with van der Waals surface area (Å²) in [6.07, 6.45) is 3.00. The minimum Gasteiger partial charge on any atom is -0.355 e. The van der Waals surface area contributed by atoms with E-state index >= 15 is 0 Å². The predicted octanol–water partition coefficient (Wildman–Crippen LogP) is 2.27. The Hall–Kier alpha value is -1.69. The fraction of sp³-hybridized carbons (Fsp3) is 0.500. The summed E-state index contributed by atoms with van der Waals surface area (Å²) in [5.74, 6) is 1.90. The molecule has 0 amide bonds. The summed E-state index contributed by atoms with van der Waals surface area (Å²) < 4.78 is 0.